The van der Waals surface area contributed by atoms with Crippen LogP contribution in [0.25, 0.3) is 0 Å². The second-order valence-electron chi connectivity index (χ2n) is 5.51. The SMILES string of the molecule is C[C@@H](O)[C@H](N)C1=N/C(=C\C2C=C(Cl)C(=O)C(Cl)=C2)C(=O)N1CC(=O)O. The highest BCUT2D eigenvalue weighted by molar-refractivity contribution is 6.54. The third-order valence-electron chi connectivity index (χ3n) is 3.55. The molecule has 1 amide bonds. The molecule has 0 bridgehead atoms. The van der Waals surface area contributed by atoms with E-state index < -0.39 is 42.3 Å². The summed E-state index contributed by atoms with van der Waals surface area (Å²) in [7, 11) is 0. The van der Waals surface area contributed by atoms with Gasteiger partial charge in [-0.2, -0.15) is 0 Å². The van der Waals surface area contributed by atoms with Gasteiger partial charge < -0.3 is 15.9 Å². The van der Waals surface area contributed by atoms with Crippen molar-refractivity contribution in [1.29, 1.82) is 0 Å². The molecule has 0 radical (unpaired) electrons. The summed E-state index contributed by atoms with van der Waals surface area (Å²) in [6.45, 7) is 0.752. The molecule has 1 heterocycles. The summed E-state index contributed by atoms with van der Waals surface area (Å²) in [5, 5.41) is 18.4. The van der Waals surface area contributed by atoms with E-state index in [0.717, 1.165) is 4.90 Å². The van der Waals surface area contributed by atoms with E-state index in [4.69, 9.17) is 34.0 Å². The number of carbonyl (C=O) groups excluding carboxylic acids is 2. The lowest BCUT2D eigenvalue weighted by Crippen LogP contribution is -2.50. The molecule has 0 saturated carbocycles. The van der Waals surface area contributed by atoms with E-state index in [1.807, 2.05) is 0 Å². The molecule has 2 aliphatic rings. The molecular formula is C15H15Cl2N3O5. The van der Waals surface area contributed by atoms with Crippen LogP contribution in [0.2, 0.25) is 0 Å². The number of ketones is 1. The zero-order valence-electron chi connectivity index (χ0n) is 13.0. The molecule has 1 aliphatic carbocycles. The summed E-state index contributed by atoms with van der Waals surface area (Å²) in [4.78, 5) is 39.9. The molecule has 4 N–H and O–H groups in total. The van der Waals surface area contributed by atoms with Gasteiger partial charge in [0.1, 0.15) is 18.1 Å². The Morgan fingerprint density at radius 2 is 1.96 bits per heavy atom. The standard InChI is InChI=1S/C15H15Cl2N3O5/c1-6(21)12(18)14-19-10(15(25)20(14)5-11(22)23)4-7-2-8(16)13(24)9(17)3-7/h2-4,6-7,12,21H,5,18H2,1H3,(H,22,23)/b10-4-/t6-,12+/m1/s1. The van der Waals surface area contributed by atoms with Crippen LogP contribution in [-0.2, 0) is 14.4 Å². The van der Waals surface area contributed by atoms with E-state index in [2.05, 4.69) is 4.99 Å². The number of aliphatic carboxylic acids is 1. The highest BCUT2D eigenvalue weighted by Gasteiger charge is 2.36. The Balaban J connectivity index is 2.39. The van der Waals surface area contributed by atoms with Gasteiger partial charge >= 0.3 is 5.97 Å². The van der Waals surface area contributed by atoms with Crippen molar-refractivity contribution < 1.29 is 24.6 Å². The normalized spacial score (nSPS) is 22.7. The average molecular weight is 388 g/mol. The number of aliphatic imine (C=N–C) groups is 1. The first-order chi connectivity index (χ1) is 11.6. The Morgan fingerprint density at radius 1 is 1.40 bits per heavy atom. The molecule has 0 saturated heterocycles. The molecule has 0 aromatic carbocycles. The van der Waals surface area contributed by atoms with Crippen molar-refractivity contribution >= 4 is 46.7 Å². The van der Waals surface area contributed by atoms with Gasteiger partial charge in [-0.1, -0.05) is 35.4 Å². The number of allylic oxidation sites excluding steroid dienone is 5. The Labute approximate surface area is 152 Å². The van der Waals surface area contributed by atoms with Gasteiger partial charge in [0.05, 0.1) is 22.2 Å². The Morgan fingerprint density at radius 3 is 2.44 bits per heavy atom. The molecule has 25 heavy (non-hydrogen) atoms. The fraction of sp³-hybridized carbons (Fsp3) is 0.333. The molecule has 2 rings (SSSR count). The number of Topliss-reactive ketones (excluding diaryl/α,β-unsaturated/α-hetero) is 1. The minimum atomic E-state index is -1.26. The number of nitrogens with two attached hydrogens (primary N) is 1. The number of aliphatic hydroxyl groups excluding tert-OH is 1. The molecule has 0 spiro atoms. The van der Waals surface area contributed by atoms with Crippen LogP contribution in [-0.4, -0.2) is 57.3 Å². The van der Waals surface area contributed by atoms with Gasteiger partial charge in [0.25, 0.3) is 5.91 Å². The molecule has 134 valence electrons. The van der Waals surface area contributed by atoms with Crippen molar-refractivity contribution in [3.05, 3.63) is 34.0 Å². The van der Waals surface area contributed by atoms with Gasteiger partial charge in [-0.3, -0.25) is 19.3 Å². The van der Waals surface area contributed by atoms with Crippen molar-refractivity contribution in [2.45, 2.75) is 19.1 Å². The summed E-state index contributed by atoms with van der Waals surface area (Å²) in [5.41, 5.74) is 5.73. The van der Waals surface area contributed by atoms with E-state index in [-0.39, 0.29) is 21.6 Å². The van der Waals surface area contributed by atoms with Crippen molar-refractivity contribution in [3.8, 4) is 0 Å². The van der Waals surface area contributed by atoms with Crippen LogP contribution < -0.4 is 5.73 Å². The van der Waals surface area contributed by atoms with Gasteiger partial charge in [0.2, 0.25) is 5.78 Å². The molecule has 8 nitrogen and oxygen atoms in total. The van der Waals surface area contributed by atoms with Gasteiger partial charge in [-0.15, -0.1) is 0 Å². The number of carboxylic acids is 1. The Kier molecular flexibility index (Phi) is 5.79. The maximum absolute atomic E-state index is 12.4. The van der Waals surface area contributed by atoms with E-state index in [1.54, 1.807) is 0 Å². The number of hydrogen-bond donors (Lipinski definition) is 3. The highest BCUT2D eigenvalue weighted by atomic mass is 35.5. The molecule has 2 atom stereocenters. The molecule has 0 aromatic rings. The number of amidine groups is 1. The summed E-state index contributed by atoms with van der Waals surface area (Å²) in [6.07, 6.45) is 3.12. The predicted molar refractivity (Wildman–Crippen MR) is 90.9 cm³/mol. The number of amides is 1. The van der Waals surface area contributed by atoms with Gasteiger partial charge in [0.15, 0.2) is 0 Å². The summed E-state index contributed by atoms with van der Waals surface area (Å²) >= 11 is 11.6. The molecular weight excluding hydrogens is 373 g/mol. The Hall–Kier alpha value is -2.00. The first kappa shape index (κ1) is 19.3. The van der Waals surface area contributed by atoms with E-state index in [0.29, 0.717) is 0 Å². The van der Waals surface area contributed by atoms with Gasteiger partial charge in [-0.25, -0.2) is 4.99 Å². The van der Waals surface area contributed by atoms with Crippen LogP contribution >= 0.6 is 23.2 Å². The second kappa shape index (κ2) is 7.49. The maximum atomic E-state index is 12.4. The predicted octanol–water partition coefficient (Wildman–Crippen LogP) is 0.348. The number of rotatable bonds is 5. The highest BCUT2D eigenvalue weighted by Crippen LogP contribution is 2.27. The van der Waals surface area contributed by atoms with E-state index in [9.17, 15) is 19.5 Å². The lowest BCUT2D eigenvalue weighted by Gasteiger charge is -2.22. The van der Waals surface area contributed by atoms with Gasteiger partial charge in [0, 0.05) is 5.92 Å². The first-order valence-corrected chi connectivity index (χ1v) is 7.94. The molecule has 0 unspecified atom stereocenters. The van der Waals surface area contributed by atoms with Crippen molar-refractivity contribution in [3.63, 3.8) is 0 Å². The number of aliphatic hydroxyl groups is 1. The van der Waals surface area contributed by atoms with Crippen LogP contribution in [0.5, 0.6) is 0 Å². The quantitative estimate of drug-likeness (QED) is 0.582. The number of hydrogen-bond acceptors (Lipinski definition) is 6. The average Bonchev–Trinajstić information content (AvgIpc) is 2.80. The Bertz CT molecular complexity index is 732. The van der Waals surface area contributed by atoms with Crippen LogP contribution in [0.4, 0.5) is 0 Å². The minimum Gasteiger partial charge on any atom is -0.480 e. The third kappa shape index (κ3) is 4.16. The van der Waals surface area contributed by atoms with Crippen LogP contribution in [0, 0.1) is 5.92 Å². The van der Waals surface area contributed by atoms with Crippen LogP contribution in [0.15, 0.2) is 39.0 Å². The molecule has 10 heteroatoms. The maximum Gasteiger partial charge on any atom is 0.323 e. The van der Waals surface area contributed by atoms with Crippen molar-refractivity contribution in [1.82, 2.24) is 4.90 Å². The van der Waals surface area contributed by atoms with Crippen LogP contribution in [0.1, 0.15) is 6.92 Å². The molecule has 1 aliphatic heterocycles. The second-order valence-corrected chi connectivity index (χ2v) is 6.32. The molecule has 0 aromatic heterocycles. The number of carboxylic acid groups (broad SMARTS) is 1. The zero-order chi connectivity index (χ0) is 18.9. The smallest absolute Gasteiger partial charge is 0.323 e. The fourth-order valence-corrected chi connectivity index (χ4v) is 2.81. The number of halogens is 2. The van der Waals surface area contributed by atoms with Gasteiger partial charge in [-0.05, 0) is 13.0 Å². The van der Waals surface area contributed by atoms with E-state index in [1.165, 1.54) is 25.2 Å². The topological polar surface area (TPSA) is 133 Å². The zero-order valence-corrected chi connectivity index (χ0v) is 14.5. The fourth-order valence-electron chi connectivity index (χ4n) is 2.27. The minimum absolute atomic E-state index is 0.0503. The summed E-state index contributed by atoms with van der Waals surface area (Å²) in [6, 6.07) is -1.04. The lowest BCUT2D eigenvalue weighted by molar-refractivity contribution is -0.140. The first-order valence-electron chi connectivity index (χ1n) is 7.19. The summed E-state index contributed by atoms with van der Waals surface area (Å²) < 4.78 is 0. The number of carbonyl (C=O) groups is 3. The van der Waals surface area contributed by atoms with Crippen molar-refractivity contribution in [2.75, 3.05) is 6.54 Å². The molecule has 0 fully saturated rings. The largest absolute Gasteiger partial charge is 0.480 e. The monoisotopic (exact) mass is 387 g/mol. The van der Waals surface area contributed by atoms with E-state index >= 15 is 0 Å². The summed E-state index contributed by atoms with van der Waals surface area (Å²) in [5.74, 6) is -3.09. The van der Waals surface area contributed by atoms with Crippen molar-refractivity contribution in [2.24, 2.45) is 16.6 Å². The lowest BCUT2D eigenvalue weighted by atomic mass is 10.0. The van der Waals surface area contributed by atoms with Crippen LogP contribution in [0.3, 0.4) is 0 Å². The third-order valence-corrected chi connectivity index (χ3v) is 4.14. The number of nitrogens with zero attached hydrogens (tertiary/aromatic N) is 2.